The minimum Gasteiger partial charge on any atom is -0.337 e. The molecule has 1 aromatic heterocycles. The fraction of sp³-hybridized carbons (Fsp3) is 0.438. The van der Waals surface area contributed by atoms with Crippen LogP contribution in [0, 0.1) is 12.8 Å². The Morgan fingerprint density at radius 2 is 2.26 bits per heavy atom. The quantitative estimate of drug-likeness (QED) is 0.928. The second-order valence-electron chi connectivity index (χ2n) is 5.87. The van der Waals surface area contributed by atoms with Crippen molar-refractivity contribution in [1.29, 1.82) is 0 Å². The van der Waals surface area contributed by atoms with Gasteiger partial charge in [0.05, 0.1) is 11.4 Å². The fourth-order valence-electron chi connectivity index (χ4n) is 2.91. The minimum atomic E-state index is -0.0469. The van der Waals surface area contributed by atoms with E-state index in [4.69, 9.17) is 11.6 Å². The van der Waals surface area contributed by atoms with Crippen molar-refractivity contribution in [3.63, 3.8) is 0 Å². The molecule has 0 bridgehead atoms. The molecule has 1 amide bonds. The highest BCUT2D eigenvalue weighted by atomic mass is 35.5. The maximum atomic E-state index is 12.7. The fourth-order valence-corrected chi connectivity index (χ4v) is 3.10. The second kappa shape index (κ2) is 6.68. The Hall–Kier alpha value is -1.92. The summed E-state index contributed by atoms with van der Waals surface area (Å²) in [6.45, 7) is 4.28. The summed E-state index contributed by atoms with van der Waals surface area (Å²) in [6, 6.07) is 7.26. The molecule has 1 aromatic carbocycles. The molecule has 23 heavy (non-hydrogen) atoms. The van der Waals surface area contributed by atoms with Crippen LogP contribution in [0.5, 0.6) is 0 Å². The summed E-state index contributed by atoms with van der Waals surface area (Å²) in [5, 5.41) is 12.5. The topological polar surface area (TPSA) is 63.1 Å². The van der Waals surface area contributed by atoms with Gasteiger partial charge in [-0.2, -0.15) is 9.90 Å². The van der Waals surface area contributed by atoms with Crippen LogP contribution in [0.25, 0.3) is 5.69 Å². The molecule has 0 unspecified atom stereocenters. The third-order valence-electron chi connectivity index (χ3n) is 4.09. The summed E-state index contributed by atoms with van der Waals surface area (Å²) >= 11 is 6.00. The van der Waals surface area contributed by atoms with Gasteiger partial charge in [0.2, 0.25) is 0 Å². The number of halogens is 1. The first kappa shape index (κ1) is 16.0. The first-order valence-corrected chi connectivity index (χ1v) is 8.10. The number of amides is 1. The predicted octanol–water partition coefficient (Wildman–Crippen LogP) is 1.91. The van der Waals surface area contributed by atoms with Crippen LogP contribution in [-0.4, -0.2) is 52.5 Å². The van der Waals surface area contributed by atoms with Crippen LogP contribution < -0.4 is 5.32 Å². The van der Waals surface area contributed by atoms with E-state index in [0.29, 0.717) is 22.3 Å². The molecule has 7 heteroatoms. The number of carbonyl (C=O) groups excluding carboxylic acids is 1. The van der Waals surface area contributed by atoms with Gasteiger partial charge in [-0.25, -0.2) is 0 Å². The molecule has 1 atom stereocenters. The molecule has 0 aliphatic carbocycles. The number of aryl methyl sites for hydroxylation is 1. The third kappa shape index (κ3) is 3.38. The van der Waals surface area contributed by atoms with Crippen LogP contribution >= 0.6 is 11.6 Å². The summed E-state index contributed by atoms with van der Waals surface area (Å²) in [6.07, 6.45) is 1.02. The molecule has 1 fully saturated rings. The van der Waals surface area contributed by atoms with Crippen molar-refractivity contribution in [2.75, 3.05) is 26.7 Å². The number of carbonyl (C=O) groups is 1. The Bertz CT molecular complexity index is 714. The van der Waals surface area contributed by atoms with E-state index in [2.05, 4.69) is 15.5 Å². The smallest absolute Gasteiger partial charge is 0.276 e. The van der Waals surface area contributed by atoms with E-state index in [1.54, 1.807) is 12.1 Å². The van der Waals surface area contributed by atoms with Gasteiger partial charge in [0, 0.05) is 18.1 Å². The van der Waals surface area contributed by atoms with Crippen molar-refractivity contribution < 1.29 is 4.79 Å². The van der Waals surface area contributed by atoms with Crippen LogP contribution in [0.4, 0.5) is 0 Å². The normalized spacial score (nSPS) is 17.7. The number of nitrogens with one attached hydrogen (secondary N) is 1. The maximum absolute atomic E-state index is 12.7. The zero-order valence-electron chi connectivity index (χ0n) is 13.3. The van der Waals surface area contributed by atoms with Crippen molar-refractivity contribution in [1.82, 2.24) is 25.2 Å². The molecule has 0 spiro atoms. The lowest BCUT2D eigenvalue weighted by Gasteiger charge is -2.15. The standard InChI is InChI=1S/C16H20ClN5O/c1-11-15(16(23)21-7-6-12(10-21)9-18-2)20-22(19-11)14-5-3-4-13(17)8-14/h3-5,8,12,18H,6-7,9-10H2,1-2H3/t12-/m0/s1. The van der Waals surface area contributed by atoms with Gasteiger partial charge >= 0.3 is 0 Å². The third-order valence-corrected chi connectivity index (χ3v) is 4.32. The van der Waals surface area contributed by atoms with Crippen molar-refractivity contribution in [3.05, 3.63) is 40.7 Å². The molecule has 1 N–H and O–H groups in total. The first-order valence-electron chi connectivity index (χ1n) is 7.72. The predicted molar refractivity (Wildman–Crippen MR) is 89.0 cm³/mol. The largest absolute Gasteiger partial charge is 0.337 e. The average Bonchev–Trinajstić information content (AvgIpc) is 3.14. The zero-order chi connectivity index (χ0) is 16.4. The SMILES string of the molecule is CNC[C@@H]1CCN(C(=O)c2nn(-c3cccc(Cl)c3)nc2C)C1. The lowest BCUT2D eigenvalue weighted by atomic mass is 10.1. The monoisotopic (exact) mass is 333 g/mol. The van der Waals surface area contributed by atoms with Crippen LogP contribution in [0.15, 0.2) is 24.3 Å². The Morgan fingerprint density at radius 3 is 3.00 bits per heavy atom. The Kier molecular flexibility index (Phi) is 4.63. The molecule has 122 valence electrons. The lowest BCUT2D eigenvalue weighted by Crippen LogP contribution is -2.31. The van der Waals surface area contributed by atoms with Crippen LogP contribution in [0.3, 0.4) is 0 Å². The number of likely N-dealkylation sites (tertiary alicyclic amines) is 1. The van der Waals surface area contributed by atoms with Crippen molar-refractivity contribution in [2.45, 2.75) is 13.3 Å². The van der Waals surface area contributed by atoms with Crippen molar-refractivity contribution in [2.24, 2.45) is 5.92 Å². The summed E-state index contributed by atoms with van der Waals surface area (Å²) < 4.78 is 0. The number of rotatable bonds is 4. The first-order chi connectivity index (χ1) is 11.1. The number of benzene rings is 1. The van der Waals surface area contributed by atoms with Crippen molar-refractivity contribution >= 4 is 17.5 Å². The molecule has 6 nitrogen and oxygen atoms in total. The van der Waals surface area contributed by atoms with Gasteiger partial charge in [-0.15, -0.1) is 5.10 Å². The van der Waals surface area contributed by atoms with E-state index in [1.165, 1.54) is 4.80 Å². The molecule has 1 aliphatic heterocycles. The number of aromatic nitrogens is 3. The van der Waals surface area contributed by atoms with E-state index < -0.39 is 0 Å². The molecular weight excluding hydrogens is 314 g/mol. The molecule has 0 radical (unpaired) electrons. The van der Waals surface area contributed by atoms with Crippen molar-refractivity contribution in [3.8, 4) is 5.69 Å². The molecular formula is C16H20ClN5O. The van der Waals surface area contributed by atoms with Crippen LogP contribution in [-0.2, 0) is 0 Å². The Balaban J connectivity index is 1.80. The Labute approximate surface area is 140 Å². The van der Waals surface area contributed by atoms with E-state index >= 15 is 0 Å². The van der Waals surface area contributed by atoms with E-state index in [1.807, 2.05) is 31.0 Å². The molecule has 2 heterocycles. The van der Waals surface area contributed by atoms with Gasteiger partial charge in [0.15, 0.2) is 5.69 Å². The zero-order valence-corrected chi connectivity index (χ0v) is 14.0. The minimum absolute atomic E-state index is 0.0469. The molecule has 1 saturated heterocycles. The highest BCUT2D eigenvalue weighted by Gasteiger charge is 2.29. The lowest BCUT2D eigenvalue weighted by molar-refractivity contribution is 0.0780. The molecule has 1 aliphatic rings. The van der Waals surface area contributed by atoms with Crippen LogP contribution in [0.2, 0.25) is 5.02 Å². The molecule has 2 aromatic rings. The maximum Gasteiger partial charge on any atom is 0.276 e. The van der Waals surface area contributed by atoms with Gasteiger partial charge in [0.1, 0.15) is 0 Å². The second-order valence-corrected chi connectivity index (χ2v) is 6.30. The summed E-state index contributed by atoms with van der Waals surface area (Å²) in [5.41, 5.74) is 1.79. The highest BCUT2D eigenvalue weighted by Crippen LogP contribution is 2.19. The van der Waals surface area contributed by atoms with Gasteiger partial charge < -0.3 is 10.2 Å². The van der Waals surface area contributed by atoms with Gasteiger partial charge in [-0.1, -0.05) is 17.7 Å². The van der Waals surface area contributed by atoms with Gasteiger partial charge in [0.25, 0.3) is 5.91 Å². The number of nitrogens with zero attached hydrogens (tertiary/aromatic N) is 4. The summed E-state index contributed by atoms with van der Waals surface area (Å²) in [4.78, 5) is 16.0. The van der Waals surface area contributed by atoms with E-state index in [-0.39, 0.29) is 5.91 Å². The van der Waals surface area contributed by atoms with E-state index in [9.17, 15) is 4.79 Å². The molecule has 0 saturated carbocycles. The Morgan fingerprint density at radius 1 is 1.43 bits per heavy atom. The summed E-state index contributed by atoms with van der Waals surface area (Å²) in [7, 11) is 1.94. The average molecular weight is 334 g/mol. The van der Waals surface area contributed by atoms with Crippen LogP contribution in [0.1, 0.15) is 22.6 Å². The highest BCUT2D eigenvalue weighted by molar-refractivity contribution is 6.30. The van der Waals surface area contributed by atoms with E-state index in [0.717, 1.165) is 31.7 Å². The molecule has 3 rings (SSSR count). The number of hydrogen-bond acceptors (Lipinski definition) is 4. The van der Waals surface area contributed by atoms with Gasteiger partial charge in [-0.05, 0) is 51.1 Å². The van der Waals surface area contributed by atoms with Gasteiger partial charge in [-0.3, -0.25) is 4.79 Å². The summed E-state index contributed by atoms with van der Waals surface area (Å²) in [5.74, 6) is 0.460. The number of hydrogen-bond donors (Lipinski definition) is 1.